The fraction of sp³-hybridized carbons (Fsp3) is 0.500. The van der Waals surface area contributed by atoms with Crippen molar-refractivity contribution in [2.24, 2.45) is 0 Å². The molecule has 1 amide bonds. The lowest BCUT2D eigenvalue weighted by molar-refractivity contribution is 0.0759. The number of carbonyl (C=O) groups is 1. The molecule has 1 atom stereocenters. The summed E-state index contributed by atoms with van der Waals surface area (Å²) in [6.45, 7) is 3.57. The molecule has 1 aromatic rings. The van der Waals surface area contributed by atoms with Crippen LogP contribution < -0.4 is 5.32 Å². The number of likely N-dealkylation sites (tertiary alicyclic amines) is 1. The summed E-state index contributed by atoms with van der Waals surface area (Å²) in [7, 11) is 0. The minimum absolute atomic E-state index is 0.226. The van der Waals surface area contributed by atoms with Gasteiger partial charge in [0.25, 0.3) is 5.91 Å². The average molecular weight is 270 g/mol. The molecule has 98 valence electrons. The molecule has 6 heteroatoms. The number of hydrogen-bond acceptors (Lipinski definition) is 4. The van der Waals surface area contributed by atoms with E-state index < -0.39 is 6.10 Å². The number of hydrogen-bond donors (Lipinski definition) is 2. The van der Waals surface area contributed by atoms with Gasteiger partial charge in [0.05, 0.1) is 11.1 Å². The van der Waals surface area contributed by atoms with Crippen molar-refractivity contribution in [2.45, 2.75) is 19.4 Å². The number of β-amino-alcohol motifs (C(OH)–C–C–N with tert-alkyl or cyclic N) is 1. The lowest BCUT2D eigenvalue weighted by Gasteiger charge is -2.16. The molecule has 0 aromatic carbocycles. The Bertz CT molecular complexity index is 453. The molecular formula is C12H16ClN3O2. The number of rotatable bonds is 3. The Morgan fingerprint density at radius 2 is 2.44 bits per heavy atom. The predicted molar refractivity (Wildman–Crippen MR) is 69.9 cm³/mol. The highest BCUT2D eigenvalue weighted by molar-refractivity contribution is 6.33. The van der Waals surface area contributed by atoms with E-state index >= 15 is 0 Å². The standard InChI is InChI=1S/C12H16ClN3O2/c1-2-14-10-4-3-9(13)11(15-10)12(18)16-6-5-8(17)7-16/h3-4,8,17H,2,5-7H2,1H3,(H,14,15). The number of aliphatic hydroxyl groups excluding tert-OH is 1. The van der Waals surface area contributed by atoms with Crippen molar-refractivity contribution in [2.75, 3.05) is 25.0 Å². The zero-order chi connectivity index (χ0) is 13.1. The highest BCUT2D eigenvalue weighted by atomic mass is 35.5. The first-order chi connectivity index (χ1) is 8.61. The zero-order valence-electron chi connectivity index (χ0n) is 10.2. The highest BCUT2D eigenvalue weighted by Gasteiger charge is 2.27. The molecule has 1 unspecified atom stereocenters. The normalized spacial score (nSPS) is 19.1. The summed E-state index contributed by atoms with van der Waals surface area (Å²) in [5.41, 5.74) is 0.240. The molecule has 18 heavy (non-hydrogen) atoms. The molecule has 1 fully saturated rings. The van der Waals surface area contributed by atoms with Gasteiger partial charge in [-0.25, -0.2) is 4.98 Å². The van der Waals surface area contributed by atoms with Crippen LogP contribution in [-0.4, -0.2) is 46.6 Å². The molecule has 2 rings (SSSR count). The van der Waals surface area contributed by atoms with Crippen LogP contribution in [0.4, 0.5) is 5.82 Å². The molecule has 0 bridgehead atoms. The second-order valence-corrected chi connectivity index (χ2v) is 4.66. The Labute approximate surface area is 111 Å². The van der Waals surface area contributed by atoms with Crippen LogP contribution in [0.25, 0.3) is 0 Å². The Morgan fingerprint density at radius 1 is 1.67 bits per heavy atom. The Kier molecular flexibility index (Phi) is 4.04. The maximum Gasteiger partial charge on any atom is 0.274 e. The predicted octanol–water partition coefficient (Wildman–Crippen LogP) is 1.37. The minimum atomic E-state index is -0.440. The van der Waals surface area contributed by atoms with Crippen molar-refractivity contribution in [3.05, 3.63) is 22.8 Å². The number of amides is 1. The second-order valence-electron chi connectivity index (χ2n) is 4.25. The van der Waals surface area contributed by atoms with Crippen molar-refractivity contribution in [3.8, 4) is 0 Å². The lowest BCUT2D eigenvalue weighted by atomic mass is 10.3. The topological polar surface area (TPSA) is 65.5 Å². The minimum Gasteiger partial charge on any atom is -0.391 e. The number of pyridine rings is 1. The fourth-order valence-electron chi connectivity index (χ4n) is 1.95. The van der Waals surface area contributed by atoms with Crippen LogP contribution in [0.1, 0.15) is 23.8 Å². The number of nitrogens with one attached hydrogen (secondary N) is 1. The second kappa shape index (κ2) is 5.54. The van der Waals surface area contributed by atoms with E-state index in [1.807, 2.05) is 6.92 Å². The van der Waals surface area contributed by atoms with E-state index in [2.05, 4.69) is 10.3 Å². The van der Waals surface area contributed by atoms with Gasteiger partial charge in [-0.15, -0.1) is 0 Å². The highest BCUT2D eigenvalue weighted by Crippen LogP contribution is 2.20. The first kappa shape index (κ1) is 13.1. The SMILES string of the molecule is CCNc1ccc(Cl)c(C(=O)N2CCC(O)C2)n1. The summed E-state index contributed by atoms with van der Waals surface area (Å²) in [6.07, 6.45) is 0.167. The monoisotopic (exact) mass is 269 g/mol. The van der Waals surface area contributed by atoms with Gasteiger partial charge in [-0.3, -0.25) is 4.79 Å². The number of nitrogens with zero attached hydrogens (tertiary/aromatic N) is 2. The third-order valence-corrected chi connectivity index (χ3v) is 3.16. The zero-order valence-corrected chi connectivity index (χ0v) is 10.9. The number of halogens is 1. The fourth-order valence-corrected chi connectivity index (χ4v) is 2.13. The first-order valence-corrected chi connectivity index (χ1v) is 6.37. The molecule has 0 saturated carbocycles. The number of carbonyl (C=O) groups excluding carboxylic acids is 1. The number of aliphatic hydroxyl groups is 1. The molecule has 1 aromatic heterocycles. The number of anilines is 1. The van der Waals surface area contributed by atoms with Crippen LogP contribution >= 0.6 is 11.6 Å². The molecule has 0 radical (unpaired) electrons. The molecule has 2 N–H and O–H groups in total. The van der Waals surface area contributed by atoms with E-state index in [0.717, 1.165) is 6.54 Å². The van der Waals surface area contributed by atoms with Crippen LogP contribution in [0.2, 0.25) is 5.02 Å². The Hall–Kier alpha value is -1.33. The van der Waals surface area contributed by atoms with E-state index in [0.29, 0.717) is 30.4 Å². The Balaban J connectivity index is 2.21. The van der Waals surface area contributed by atoms with Gasteiger partial charge >= 0.3 is 0 Å². The lowest BCUT2D eigenvalue weighted by Crippen LogP contribution is -2.30. The van der Waals surface area contributed by atoms with Crippen molar-refractivity contribution in [1.82, 2.24) is 9.88 Å². The van der Waals surface area contributed by atoms with Gasteiger partial charge in [-0.2, -0.15) is 0 Å². The summed E-state index contributed by atoms with van der Waals surface area (Å²) in [5, 5.41) is 12.8. The van der Waals surface area contributed by atoms with E-state index in [1.54, 1.807) is 17.0 Å². The molecular weight excluding hydrogens is 254 g/mol. The summed E-state index contributed by atoms with van der Waals surface area (Å²) in [4.78, 5) is 18.0. The summed E-state index contributed by atoms with van der Waals surface area (Å²) in [6, 6.07) is 3.40. The third-order valence-electron chi connectivity index (χ3n) is 2.86. The smallest absolute Gasteiger partial charge is 0.274 e. The van der Waals surface area contributed by atoms with Crippen molar-refractivity contribution in [3.63, 3.8) is 0 Å². The van der Waals surface area contributed by atoms with E-state index in [4.69, 9.17) is 11.6 Å². The maximum atomic E-state index is 12.2. The van der Waals surface area contributed by atoms with Gasteiger partial charge in [0.2, 0.25) is 0 Å². The Morgan fingerprint density at radius 3 is 3.06 bits per heavy atom. The molecule has 2 heterocycles. The average Bonchev–Trinajstić information content (AvgIpc) is 2.78. The summed E-state index contributed by atoms with van der Waals surface area (Å²) < 4.78 is 0. The largest absolute Gasteiger partial charge is 0.391 e. The molecule has 1 saturated heterocycles. The van der Waals surface area contributed by atoms with Crippen LogP contribution in [0, 0.1) is 0 Å². The van der Waals surface area contributed by atoms with Crippen LogP contribution in [0.3, 0.4) is 0 Å². The summed E-state index contributed by atoms with van der Waals surface area (Å²) >= 11 is 6.01. The van der Waals surface area contributed by atoms with Gasteiger partial charge in [0.15, 0.2) is 0 Å². The van der Waals surface area contributed by atoms with Gasteiger partial charge < -0.3 is 15.3 Å². The molecule has 1 aliphatic rings. The van der Waals surface area contributed by atoms with Crippen LogP contribution in [0.5, 0.6) is 0 Å². The van der Waals surface area contributed by atoms with Gasteiger partial charge in [0.1, 0.15) is 11.5 Å². The van der Waals surface area contributed by atoms with E-state index in [1.165, 1.54) is 0 Å². The number of aromatic nitrogens is 1. The van der Waals surface area contributed by atoms with Crippen LogP contribution in [0.15, 0.2) is 12.1 Å². The van der Waals surface area contributed by atoms with Crippen molar-refractivity contribution in [1.29, 1.82) is 0 Å². The van der Waals surface area contributed by atoms with Crippen LogP contribution in [-0.2, 0) is 0 Å². The summed E-state index contributed by atoms with van der Waals surface area (Å²) in [5.74, 6) is 0.404. The first-order valence-electron chi connectivity index (χ1n) is 5.99. The van der Waals surface area contributed by atoms with E-state index in [-0.39, 0.29) is 11.6 Å². The van der Waals surface area contributed by atoms with Crippen molar-refractivity contribution >= 4 is 23.3 Å². The maximum absolute atomic E-state index is 12.2. The molecule has 0 aliphatic carbocycles. The third kappa shape index (κ3) is 2.73. The molecule has 5 nitrogen and oxygen atoms in total. The van der Waals surface area contributed by atoms with Crippen molar-refractivity contribution < 1.29 is 9.90 Å². The van der Waals surface area contributed by atoms with E-state index in [9.17, 15) is 9.90 Å². The molecule has 0 spiro atoms. The van der Waals surface area contributed by atoms with Gasteiger partial charge in [-0.05, 0) is 25.5 Å². The van der Waals surface area contributed by atoms with Gasteiger partial charge in [-0.1, -0.05) is 11.6 Å². The molecule has 1 aliphatic heterocycles. The van der Waals surface area contributed by atoms with Gasteiger partial charge in [0, 0.05) is 19.6 Å². The quantitative estimate of drug-likeness (QED) is 0.870.